The van der Waals surface area contributed by atoms with Crippen molar-refractivity contribution in [2.24, 2.45) is 0 Å². The van der Waals surface area contributed by atoms with Gasteiger partial charge in [-0.1, -0.05) is 23.5 Å². The molecule has 0 fully saturated rings. The molecule has 0 bridgehead atoms. The number of halogens is 1. The van der Waals surface area contributed by atoms with Crippen molar-refractivity contribution in [2.75, 3.05) is 10.6 Å². The van der Waals surface area contributed by atoms with Gasteiger partial charge < -0.3 is 10.6 Å². The van der Waals surface area contributed by atoms with Gasteiger partial charge in [-0.2, -0.15) is 9.49 Å². The lowest BCUT2D eigenvalue weighted by Gasteiger charge is -2.08. The number of carbonyl (C=O) groups excluding carboxylic acids is 1. The fourth-order valence-electron chi connectivity index (χ4n) is 3.21. The molecule has 0 saturated heterocycles. The molecular formula is C22H16FN7OS. The molecule has 5 rings (SSSR count). The third kappa shape index (κ3) is 3.91. The first-order chi connectivity index (χ1) is 15.6. The molecular weight excluding hydrogens is 429 g/mol. The van der Waals surface area contributed by atoms with Crippen LogP contribution in [-0.2, 0) is 0 Å². The van der Waals surface area contributed by atoms with Crippen molar-refractivity contribution in [1.29, 1.82) is 0 Å². The number of aromatic nitrogens is 5. The zero-order valence-electron chi connectivity index (χ0n) is 16.8. The number of nitrogens with one attached hydrogen (secondary N) is 3. The van der Waals surface area contributed by atoms with Crippen molar-refractivity contribution in [3.05, 3.63) is 77.4 Å². The topological polar surface area (TPSA) is 108 Å². The van der Waals surface area contributed by atoms with Gasteiger partial charge in [0, 0.05) is 17.1 Å². The van der Waals surface area contributed by atoms with Crippen molar-refractivity contribution in [1.82, 2.24) is 25.1 Å². The third-order valence-corrected chi connectivity index (χ3v) is 5.72. The Labute approximate surface area is 185 Å². The van der Waals surface area contributed by atoms with E-state index in [-0.39, 0.29) is 5.91 Å². The summed E-state index contributed by atoms with van der Waals surface area (Å²) in [6.07, 6.45) is 4.63. The highest BCUT2D eigenvalue weighted by Gasteiger charge is 2.15. The van der Waals surface area contributed by atoms with Gasteiger partial charge >= 0.3 is 0 Å². The molecule has 3 N–H and O–H groups in total. The predicted molar refractivity (Wildman–Crippen MR) is 122 cm³/mol. The normalized spacial score (nSPS) is 10.9. The van der Waals surface area contributed by atoms with Gasteiger partial charge in [0.25, 0.3) is 5.91 Å². The lowest BCUT2D eigenvalue weighted by Crippen LogP contribution is -2.11. The van der Waals surface area contributed by atoms with Crippen LogP contribution in [0.25, 0.3) is 22.2 Å². The number of thiazole rings is 1. The van der Waals surface area contributed by atoms with Crippen LogP contribution in [0.5, 0.6) is 0 Å². The third-order valence-electron chi connectivity index (χ3n) is 4.81. The number of aromatic amines is 1. The Balaban J connectivity index is 1.33. The summed E-state index contributed by atoms with van der Waals surface area (Å²) < 4.78 is 13.1. The van der Waals surface area contributed by atoms with Gasteiger partial charge in [0.2, 0.25) is 5.95 Å². The summed E-state index contributed by atoms with van der Waals surface area (Å²) in [6.45, 7) is 1.93. The smallest absolute Gasteiger partial charge is 0.267 e. The van der Waals surface area contributed by atoms with Gasteiger partial charge in [-0.05, 0) is 42.8 Å². The van der Waals surface area contributed by atoms with Crippen LogP contribution in [-0.4, -0.2) is 31.1 Å². The first-order valence-corrected chi connectivity index (χ1v) is 10.4. The maximum atomic E-state index is 13.1. The van der Waals surface area contributed by atoms with Gasteiger partial charge in [0.05, 0.1) is 29.3 Å². The molecule has 4 heterocycles. The molecule has 0 radical (unpaired) electrons. The standard InChI is InChI=1S/C22H16FN7OS/c1-12-5-7-16-14(10-26-30-16)20(12)29-21(31)17-11-25-22(32-17)28-19-4-2-3-15(27-19)13-6-8-18(23)24-9-13/h2-11H,1H3,(H,26,30)(H,29,31)(H,25,27,28). The van der Waals surface area contributed by atoms with Gasteiger partial charge in [-0.25, -0.2) is 15.0 Å². The number of hydrogen-bond donors (Lipinski definition) is 3. The zero-order valence-corrected chi connectivity index (χ0v) is 17.6. The monoisotopic (exact) mass is 445 g/mol. The largest absolute Gasteiger partial charge is 0.320 e. The average molecular weight is 445 g/mol. The molecule has 0 aliphatic carbocycles. The number of amides is 1. The number of H-pyrrole nitrogens is 1. The Morgan fingerprint density at radius 1 is 1.06 bits per heavy atom. The number of benzene rings is 1. The number of fused-ring (bicyclic) bond motifs is 1. The summed E-state index contributed by atoms with van der Waals surface area (Å²) in [6, 6.07) is 12.2. The minimum absolute atomic E-state index is 0.258. The van der Waals surface area contributed by atoms with Crippen LogP contribution < -0.4 is 10.6 Å². The molecule has 10 heteroatoms. The molecule has 8 nitrogen and oxygen atoms in total. The molecule has 5 aromatic rings. The Bertz CT molecular complexity index is 1430. The number of carbonyl (C=O) groups is 1. The second kappa shape index (κ2) is 8.16. The summed E-state index contributed by atoms with van der Waals surface area (Å²) in [5.74, 6) is -0.255. The van der Waals surface area contributed by atoms with Crippen molar-refractivity contribution < 1.29 is 9.18 Å². The Kier molecular flexibility index (Phi) is 5.04. The van der Waals surface area contributed by atoms with Gasteiger partial charge in [-0.15, -0.1) is 0 Å². The van der Waals surface area contributed by atoms with E-state index in [2.05, 4.69) is 35.8 Å². The minimum Gasteiger partial charge on any atom is -0.320 e. The second-order valence-corrected chi connectivity index (χ2v) is 8.01. The average Bonchev–Trinajstić information content (AvgIpc) is 3.46. The van der Waals surface area contributed by atoms with E-state index in [1.165, 1.54) is 29.8 Å². The van der Waals surface area contributed by atoms with Crippen molar-refractivity contribution in [3.63, 3.8) is 0 Å². The molecule has 0 aliphatic rings. The van der Waals surface area contributed by atoms with Crippen LogP contribution >= 0.6 is 11.3 Å². The fourth-order valence-corrected chi connectivity index (χ4v) is 3.92. The molecule has 0 saturated carbocycles. The maximum absolute atomic E-state index is 13.1. The van der Waals surface area contributed by atoms with Crippen LogP contribution in [0.4, 0.5) is 21.0 Å². The van der Waals surface area contributed by atoms with E-state index < -0.39 is 5.95 Å². The highest BCUT2D eigenvalue weighted by Crippen LogP contribution is 2.28. The Hall–Kier alpha value is -4.18. The number of nitrogens with zero attached hydrogens (tertiary/aromatic N) is 4. The van der Waals surface area contributed by atoms with Crippen LogP contribution in [0.1, 0.15) is 15.2 Å². The summed E-state index contributed by atoms with van der Waals surface area (Å²) in [4.78, 5) is 25.7. The molecule has 1 aromatic carbocycles. The first-order valence-electron chi connectivity index (χ1n) is 9.63. The minimum atomic E-state index is -0.546. The summed E-state index contributed by atoms with van der Waals surface area (Å²) in [5, 5.41) is 14.4. The summed E-state index contributed by atoms with van der Waals surface area (Å²) in [7, 11) is 0. The number of aryl methyl sites for hydroxylation is 1. The van der Waals surface area contributed by atoms with Crippen molar-refractivity contribution >= 4 is 44.8 Å². The van der Waals surface area contributed by atoms with Gasteiger partial charge in [0.15, 0.2) is 5.13 Å². The van der Waals surface area contributed by atoms with E-state index >= 15 is 0 Å². The van der Waals surface area contributed by atoms with Crippen LogP contribution in [0.15, 0.2) is 61.1 Å². The van der Waals surface area contributed by atoms with E-state index in [1.807, 2.05) is 25.1 Å². The van der Waals surface area contributed by atoms with Crippen LogP contribution in [0, 0.1) is 12.9 Å². The molecule has 0 aliphatic heterocycles. The van der Waals surface area contributed by atoms with E-state index in [0.717, 1.165) is 16.5 Å². The molecule has 4 aromatic heterocycles. The number of rotatable bonds is 5. The highest BCUT2D eigenvalue weighted by molar-refractivity contribution is 7.17. The SMILES string of the molecule is Cc1ccc2[nH]ncc2c1NC(=O)c1cnc(Nc2cccc(-c3ccc(F)nc3)n2)s1. The number of anilines is 3. The van der Waals surface area contributed by atoms with E-state index in [4.69, 9.17) is 0 Å². The molecule has 0 spiro atoms. The predicted octanol–water partition coefficient (Wildman–Crippen LogP) is 4.92. The Morgan fingerprint density at radius 3 is 2.81 bits per heavy atom. The lowest BCUT2D eigenvalue weighted by atomic mass is 10.1. The maximum Gasteiger partial charge on any atom is 0.267 e. The first kappa shape index (κ1) is 19.8. The van der Waals surface area contributed by atoms with Gasteiger partial charge in [-0.3, -0.25) is 9.89 Å². The quantitative estimate of drug-likeness (QED) is 0.331. The summed E-state index contributed by atoms with van der Waals surface area (Å²) in [5.41, 5.74) is 3.83. The van der Waals surface area contributed by atoms with Gasteiger partial charge in [0.1, 0.15) is 10.7 Å². The van der Waals surface area contributed by atoms with Crippen LogP contribution in [0.3, 0.4) is 0 Å². The molecule has 1 amide bonds. The zero-order chi connectivity index (χ0) is 22.1. The van der Waals surface area contributed by atoms with E-state index in [0.29, 0.717) is 32.8 Å². The van der Waals surface area contributed by atoms with E-state index in [1.54, 1.807) is 24.4 Å². The second-order valence-electron chi connectivity index (χ2n) is 6.98. The summed E-state index contributed by atoms with van der Waals surface area (Å²) >= 11 is 1.21. The number of hydrogen-bond acceptors (Lipinski definition) is 7. The fraction of sp³-hybridized carbons (Fsp3) is 0.0455. The van der Waals surface area contributed by atoms with Crippen molar-refractivity contribution in [3.8, 4) is 11.3 Å². The molecule has 0 atom stereocenters. The molecule has 32 heavy (non-hydrogen) atoms. The highest BCUT2D eigenvalue weighted by atomic mass is 32.1. The number of pyridine rings is 2. The Morgan fingerprint density at radius 2 is 1.97 bits per heavy atom. The van der Waals surface area contributed by atoms with E-state index in [9.17, 15) is 9.18 Å². The van der Waals surface area contributed by atoms with Crippen LogP contribution in [0.2, 0.25) is 0 Å². The molecule has 0 unspecified atom stereocenters. The lowest BCUT2D eigenvalue weighted by molar-refractivity contribution is 0.103. The van der Waals surface area contributed by atoms with Crippen molar-refractivity contribution in [2.45, 2.75) is 6.92 Å². The molecule has 158 valence electrons.